The summed E-state index contributed by atoms with van der Waals surface area (Å²) in [6.07, 6.45) is 21.6. The summed E-state index contributed by atoms with van der Waals surface area (Å²) in [5, 5.41) is 10.6. The molecule has 0 aromatic heterocycles. The zero-order chi connectivity index (χ0) is 25.9. The average molecular weight is 489 g/mol. The number of aromatic hydroxyl groups is 1. The zero-order valence-electron chi connectivity index (χ0n) is 23.9. The number of ether oxygens (including phenoxy) is 1. The number of esters is 1. The fourth-order valence-corrected chi connectivity index (χ4v) is 4.62. The van der Waals surface area contributed by atoms with E-state index in [4.69, 9.17) is 4.74 Å². The lowest BCUT2D eigenvalue weighted by Crippen LogP contribution is -2.13. The van der Waals surface area contributed by atoms with Gasteiger partial charge in [0.2, 0.25) is 0 Å². The van der Waals surface area contributed by atoms with Crippen LogP contribution in [0.2, 0.25) is 0 Å². The fourth-order valence-electron chi connectivity index (χ4n) is 4.62. The highest BCUT2D eigenvalue weighted by Gasteiger charge is 2.18. The van der Waals surface area contributed by atoms with Gasteiger partial charge in [0.05, 0.1) is 6.61 Å². The van der Waals surface area contributed by atoms with E-state index < -0.39 is 0 Å². The predicted molar refractivity (Wildman–Crippen MR) is 150 cm³/mol. The molecule has 35 heavy (non-hydrogen) atoms. The molecule has 202 valence electrons. The Labute approximate surface area is 217 Å². The quantitative estimate of drug-likeness (QED) is 0.147. The van der Waals surface area contributed by atoms with E-state index in [0.29, 0.717) is 25.2 Å². The number of phenols is 1. The molecule has 0 unspecified atom stereocenters. The molecule has 0 amide bonds. The van der Waals surface area contributed by atoms with Crippen molar-refractivity contribution in [2.45, 2.75) is 156 Å². The largest absolute Gasteiger partial charge is 0.507 e. The second-order valence-corrected chi connectivity index (χ2v) is 11.4. The van der Waals surface area contributed by atoms with Gasteiger partial charge < -0.3 is 9.84 Å². The Bertz CT molecular complexity index is 687. The van der Waals surface area contributed by atoms with Crippen LogP contribution in [0, 0.1) is 0 Å². The standard InChI is InChI=1S/C32H56O3/c1-6-8-9-10-11-12-13-14-15-16-17-18-19-20-21-24-35-30(33)23-22-28-26-29(32(3,4)5)25-27(7-2)31(28)34/h25-26,34H,6-24H2,1-5H3. The topological polar surface area (TPSA) is 46.5 Å². The Hall–Kier alpha value is -1.51. The van der Waals surface area contributed by atoms with E-state index in [1.807, 2.05) is 0 Å². The average Bonchev–Trinajstić information content (AvgIpc) is 2.82. The van der Waals surface area contributed by atoms with E-state index in [2.05, 4.69) is 46.8 Å². The minimum atomic E-state index is -0.158. The van der Waals surface area contributed by atoms with Crippen molar-refractivity contribution in [1.29, 1.82) is 0 Å². The molecule has 0 radical (unpaired) electrons. The highest BCUT2D eigenvalue weighted by molar-refractivity contribution is 5.70. The minimum Gasteiger partial charge on any atom is -0.507 e. The lowest BCUT2D eigenvalue weighted by Gasteiger charge is -2.22. The Balaban J connectivity index is 2.06. The molecule has 0 aliphatic carbocycles. The molecular weight excluding hydrogens is 432 g/mol. The van der Waals surface area contributed by atoms with E-state index in [-0.39, 0.29) is 11.4 Å². The molecule has 1 N–H and O–H groups in total. The number of carbonyl (C=O) groups excluding carboxylic acids is 1. The van der Waals surface area contributed by atoms with Crippen molar-refractivity contribution in [3.63, 3.8) is 0 Å². The third-order valence-electron chi connectivity index (χ3n) is 7.12. The third-order valence-corrected chi connectivity index (χ3v) is 7.12. The molecule has 0 atom stereocenters. The van der Waals surface area contributed by atoms with Crippen molar-refractivity contribution in [2.24, 2.45) is 0 Å². The zero-order valence-corrected chi connectivity index (χ0v) is 23.9. The Morgan fingerprint density at radius 3 is 1.66 bits per heavy atom. The second-order valence-electron chi connectivity index (χ2n) is 11.4. The summed E-state index contributed by atoms with van der Waals surface area (Å²) >= 11 is 0. The van der Waals surface area contributed by atoms with Crippen molar-refractivity contribution < 1.29 is 14.6 Å². The monoisotopic (exact) mass is 488 g/mol. The van der Waals surface area contributed by atoms with Gasteiger partial charge in [-0.05, 0) is 41.4 Å². The first-order valence-corrected chi connectivity index (χ1v) is 14.8. The van der Waals surface area contributed by atoms with Gasteiger partial charge in [-0.25, -0.2) is 0 Å². The summed E-state index contributed by atoms with van der Waals surface area (Å²) in [6.45, 7) is 11.4. The first-order chi connectivity index (χ1) is 16.8. The highest BCUT2D eigenvalue weighted by atomic mass is 16.5. The molecule has 0 saturated heterocycles. The number of hydrogen-bond acceptors (Lipinski definition) is 3. The van der Waals surface area contributed by atoms with Gasteiger partial charge in [0.15, 0.2) is 0 Å². The van der Waals surface area contributed by atoms with Gasteiger partial charge in [-0.1, -0.05) is 137 Å². The first kappa shape index (κ1) is 31.5. The lowest BCUT2D eigenvalue weighted by molar-refractivity contribution is -0.143. The SMILES string of the molecule is CCCCCCCCCCCCCCCCCOC(=O)CCc1cc(C(C)(C)C)cc(CC)c1O. The van der Waals surface area contributed by atoms with Crippen LogP contribution >= 0.6 is 0 Å². The molecule has 0 saturated carbocycles. The van der Waals surface area contributed by atoms with Crippen LogP contribution in [0.25, 0.3) is 0 Å². The maximum Gasteiger partial charge on any atom is 0.306 e. The normalized spacial score (nSPS) is 11.7. The molecular formula is C32H56O3. The number of unbranched alkanes of at least 4 members (excludes halogenated alkanes) is 14. The van der Waals surface area contributed by atoms with Gasteiger partial charge in [-0.15, -0.1) is 0 Å². The van der Waals surface area contributed by atoms with Crippen molar-refractivity contribution >= 4 is 5.97 Å². The second kappa shape index (κ2) is 18.7. The number of carbonyl (C=O) groups is 1. The fraction of sp³-hybridized carbons (Fsp3) is 0.781. The van der Waals surface area contributed by atoms with Crippen LogP contribution in [0.1, 0.15) is 154 Å². The molecule has 3 heteroatoms. The number of hydrogen-bond donors (Lipinski definition) is 1. The maximum absolute atomic E-state index is 12.2. The van der Waals surface area contributed by atoms with Gasteiger partial charge in [-0.3, -0.25) is 4.79 Å². The summed E-state index contributed by atoms with van der Waals surface area (Å²) in [4.78, 5) is 12.2. The van der Waals surface area contributed by atoms with Crippen molar-refractivity contribution in [2.75, 3.05) is 6.61 Å². The molecule has 0 aliphatic rings. The molecule has 1 aromatic rings. The van der Waals surface area contributed by atoms with Crippen LogP contribution in [0.3, 0.4) is 0 Å². The summed E-state index contributed by atoms with van der Waals surface area (Å²) < 4.78 is 5.45. The molecule has 0 spiro atoms. The van der Waals surface area contributed by atoms with Gasteiger partial charge in [0, 0.05) is 6.42 Å². The van der Waals surface area contributed by atoms with Gasteiger partial charge in [-0.2, -0.15) is 0 Å². The molecule has 1 rings (SSSR count). The number of aryl methyl sites for hydroxylation is 2. The summed E-state index contributed by atoms with van der Waals surface area (Å²) in [6, 6.07) is 4.14. The molecule has 0 heterocycles. The van der Waals surface area contributed by atoms with Gasteiger partial charge in [0.25, 0.3) is 0 Å². The molecule has 0 fully saturated rings. The number of phenolic OH excluding ortho intramolecular Hbond substituents is 1. The van der Waals surface area contributed by atoms with E-state index in [1.165, 1.54) is 89.0 Å². The summed E-state index contributed by atoms with van der Waals surface area (Å²) in [7, 11) is 0. The van der Waals surface area contributed by atoms with Crippen LogP contribution in [0.4, 0.5) is 0 Å². The Kier molecular flexibility index (Phi) is 16.9. The van der Waals surface area contributed by atoms with Gasteiger partial charge in [0.1, 0.15) is 5.75 Å². The van der Waals surface area contributed by atoms with Crippen molar-refractivity contribution in [3.05, 3.63) is 28.8 Å². The lowest BCUT2D eigenvalue weighted by atomic mass is 9.84. The summed E-state index contributed by atoms with van der Waals surface area (Å²) in [5.41, 5.74) is 3.03. The van der Waals surface area contributed by atoms with Crippen LogP contribution in [-0.4, -0.2) is 17.7 Å². The van der Waals surface area contributed by atoms with Crippen LogP contribution in [0.5, 0.6) is 5.75 Å². The van der Waals surface area contributed by atoms with Crippen LogP contribution in [0.15, 0.2) is 12.1 Å². The third kappa shape index (κ3) is 14.6. The number of benzene rings is 1. The Morgan fingerprint density at radius 1 is 0.743 bits per heavy atom. The number of rotatable bonds is 20. The van der Waals surface area contributed by atoms with E-state index in [1.54, 1.807) is 0 Å². The van der Waals surface area contributed by atoms with Crippen LogP contribution in [-0.2, 0) is 27.8 Å². The maximum atomic E-state index is 12.2. The summed E-state index contributed by atoms with van der Waals surface area (Å²) in [5.74, 6) is 0.185. The molecule has 1 aromatic carbocycles. The van der Waals surface area contributed by atoms with E-state index in [0.717, 1.165) is 30.4 Å². The first-order valence-electron chi connectivity index (χ1n) is 14.8. The van der Waals surface area contributed by atoms with E-state index in [9.17, 15) is 9.90 Å². The predicted octanol–water partition coefficient (Wildman–Crippen LogP) is 9.60. The van der Waals surface area contributed by atoms with E-state index >= 15 is 0 Å². The Morgan fingerprint density at radius 2 is 1.20 bits per heavy atom. The molecule has 0 aliphatic heterocycles. The smallest absolute Gasteiger partial charge is 0.306 e. The van der Waals surface area contributed by atoms with Crippen molar-refractivity contribution in [3.8, 4) is 5.75 Å². The minimum absolute atomic E-state index is 0.0143. The van der Waals surface area contributed by atoms with Crippen molar-refractivity contribution in [1.82, 2.24) is 0 Å². The van der Waals surface area contributed by atoms with Gasteiger partial charge >= 0.3 is 5.97 Å². The highest BCUT2D eigenvalue weighted by Crippen LogP contribution is 2.32. The van der Waals surface area contributed by atoms with Crippen LogP contribution < -0.4 is 0 Å². The molecule has 3 nitrogen and oxygen atoms in total. The molecule has 0 bridgehead atoms.